The summed E-state index contributed by atoms with van der Waals surface area (Å²) in [6.45, 7) is 0. The van der Waals surface area contributed by atoms with Crippen LogP contribution in [0.25, 0.3) is 0 Å². The van der Waals surface area contributed by atoms with Crippen LogP contribution in [0.1, 0.15) is 11.1 Å². The molecule has 0 radical (unpaired) electrons. The van der Waals surface area contributed by atoms with Crippen molar-refractivity contribution in [3.8, 4) is 0 Å². The first-order valence-electron chi connectivity index (χ1n) is 6.44. The Labute approximate surface area is 128 Å². The number of benzene rings is 2. The zero-order valence-electron chi connectivity index (χ0n) is 11.2. The fraction of sp³-hybridized carbons (Fsp3) is 0.250. The second-order valence-corrected chi connectivity index (χ2v) is 5.63. The van der Waals surface area contributed by atoms with Gasteiger partial charge in [0.25, 0.3) is 0 Å². The molecule has 1 unspecified atom stereocenters. The molecule has 0 aliphatic carbocycles. The van der Waals surface area contributed by atoms with Gasteiger partial charge in [0.05, 0.1) is 0 Å². The van der Waals surface area contributed by atoms with Gasteiger partial charge in [-0.3, -0.25) is 0 Å². The lowest BCUT2D eigenvalue weighted by atomic mass is 9.99. The van der Waals surface area contributed by atoms with Crippen LogP contribution in [-0.4, -0.2) is 13.1 Å². The van der Waals surface area contributed by atoms with Gasteiger partial charge >= 0.3 is 0 Å². The maximum Gasteiger partial charge on any atom is 0.127 e. The van der Waals surface area contributed by atoms with E-state index in [0.717, 1.165) is 11.4 Å². The van der Waals surface area contributed by atoms with Crippen molar-refractivity contribution in [1.29, 1.82) is 0 Å². The molecule has 0 saturated carbocycles. The van der Waals surface area contributed by atoms with Crippen LogP contribution in [0.15, 0.2) is 42.5 Å². The summed E-state index contributed by atoms with van der Waals surface area (Å²) in [6, 6.07) is 12.7. The van der Waals surface area contributed by atoms with E-state index in [-0.39, 0.29) is 11.9 Å². The van der Waals surface area contributed by atoms with Crippen LogP contribution in [-0.2, 0) is 12.8 Å². The molecule has 2 aromatic carbocycles. The van der Waals surface area contributed by atoms with Gasteiger partial charge in [0.2, 0.25) is 0 Å². The Bertz CT molecular complexity index is 569. The number of hydrogen-bond donors (Lipinski definition) is 1. The van der Waals surface area contributed by atoms with Crippen LogP contribution in [0.4, 0.5) is 4.39 Å². The van der Waals surface area contributed by atoms with Crippen molar-refractivity contribution in [3.63, 3.8) is 0 Å². The van der Waals surface area contributed by atoms with Crippen molar-refractivity contribution in [2.24, 2.45) is 0 Å². The van der Waals surface area contributed by atoms with Crippen molar-refractivity contribution in [2.45, 2.75) is 18.9 Å². The van der Waals surface area contributed by atoms with Crippen molar-refractivity contribution < 1.29 is 4.39 Å². The fourth-order valence-corrected chi connectivity index (χ4v) is 2.42. The highest BCUT2D eigenvalue weighted by Crippen LogP contribution is 2.18. The van der Waals surface area contributed by atoms with Crippen molar-refractivity contribution in [2.75, 3.05) is 7.05 Å². The maximum atomic E-state index is 13.8. The average molecular weight is 312 g/mol. The summed E-state index contributed by atoms with van der Waals surface area (Å²) < 4.78 is 13.8. The molecule has 0 spiro atoms. The van der Waals surface area contributed by atoms with E-state index in [1.165, 1.54) is 11.6 Å². The van der Waals surface area contributed by atoms with Gasteiger partial charge in [0.1, 0.15) is 5.82 Å². The average Bonchev–Trinajstić information content (AvgIpc) is 2.43. The van der Waals surface area contributed by atoms with Crippen LogP contribution in [0.3, 0.4) is 0 Å². The number of likely N-dealkylation sites (N-methyl/N-ethyl adjacent to an activating group) is 1. The molecule has 0 aliphatic rings. The quantitative estimate of drug-likeness (QED) is 0.857. The van der Waals surface area contributed by atoms with E-state index in [9.17, 15) is 4.39 Å². The zero-order valence-corrected chi connectivity index (χ0v) is 12.7. The normalized spacial score (nSPS) is 12.4. The van der Waals surface area contributed by atoms with Gasteiger partial charge in [-0.05, 0) is 55.3 Å². The predicted octanol–water partition coefficient (Wildman–Crippen LogP) is 4.51. The SMILES string of the molecule is CNC(Cc1ccc(Cl)cc1)Cc1ccc(Cl)cc1F. The second kappa shape index (κ2) is 7.07. The van der Waals surface area contributed by atoms with Crippen LogP contribution in [0, 0.1) is 5.82 Å². The van der Waals surface area contributed by atoms with Gasteiger partial charge in [-0.2, -0.15) is 0 Å². The molecule has 2 rings (SSSR count). The van der Waals surface area contributed by atoms with E-state index in [1.807, 2.05) is 31.3 Å². The van der Waals surface area contributed by atoms with Crippen molar-refractivity contribution >= 4 is 23.2 Å². The Morgan fingerprint density at radius 3 is 2.25 bits per heavy atom. The lowest BCUT2D eigenvalue weighted by Crippen LogP contribution is -2.30. The lowest BCUT2D eigenvalue weighted by Gasteiger charge is -2.17. The van der Waals surface area contributed by atoms with Crippen LogP contribution >= 0.6 is 23.2 Å². The van der Waals surface area contributed by atoms with Crippen molar-refractivity contribution in [1.82, 2.24) is 5.32 Å². The zero-order chi connectivity index (χ0) is 14.5. The Balaban J connectivity index is 2.07. The van der Waals surface area contributed by atoms with Crippen LogP contribution in [0.5, 0.6) is 0 Å². The maximum absolute atomic E-state index is 13.8. The molecule has 1 nitrogen and oxygen atoms in total. The number of nitrogens with one attached hydrogen (secondary N) is 1. The Morgan fingerprint density at radius 2 is 1.65 bits per heavy atom. The first-order chi connectivity index (χ1) is 9.58. The van der Waals surface area contributed by atoms with Crippen LogP contribution < -0.4 is 5.32 Å². The van der Waals surface area contributed by atoms with Gasteiger partial charge in [-0.1, -0.05) is 41.4 Å². The van der Waals surface area contributed by atoms with Gasteiger partial charge < -0.3 is 5.32 Å². The summed E-state index contributed by atoms with van der Waals surface area (Å²) in [5.74, 6) is -0.256. The van der Waals surface area contributed by atoms with Gasteiger partial charge in [0.15, 0.2) is 0 Å². The predicted molar refractivity (Wildman–Crippen MR) is 83.1 cm³/mol. The molecule has 0 amide bonds. The summed E-state index contributed by atoms with van der Waals surface area (Å²) in [6.07, 6.45) is 1.43. The topological polar surface area (TPSA) is 12.0 Å². The summed E-state index contributed by atoms with van der Waals surface area (Å²) in [4.78, 5) is 0. The molecule has 0 fully saturated rings. The number of halogens is 3. The molecule has 0 aromatic heterocycles. The monoisotopic (exact) mass is 311 g/mol. The van der Waals surface area contributed by atoms with E-state index in [4.69, 9.17) is 23.2 Å². The minimum Gasteiger partial charge on any atom is -0.316 e. The molecule has 0 saturated heterocycles. The molecule has 20 heavy (non-hydrogen) atoms. The number of rotatable bonds is 5. The van der Waals surface area contributed by atoms with E-state index in [1.54, 1.807) is 12.1 Å². The highest BCUT2D eigenvalue weighted by atomic mass is 35.5. The number of hydrogen-bond acceptors (Lipinski definition) is 1. The smallest absolute Gasteiger partial charge is 0.127 e. The first kappa shape index (κ1) is 15.3. The minimum atomic E-state index is -0.256. The third-order valence-corrected chi connectivity index (χ3v) is 3.77. The highest BCUT2D eigenvalue weighted by Gasteiger charge is 2.12. The van der Waals surface area contributed by atoms with Gasteiger partial charge in [-0.15, -0.1) is 0 Å². The third kappa shape index (κ3) is 4.20. The van der Waals surface area contributed by atoms with Gasteiger partial charge in [0, 0.05) is 16.1 Å². The van der Waals surface area contributed by atoms with Crippen LogP contribution in [0.2, 0.25) is 10.0 Å². The summed E-state index contributed by atoms with van der Waals surface area (Å²) >= 11 is 11.6. The largest absolute Gasteiger partial charge is 0.316 e. The van der Waals surface area contributed by atoms with E-state index < -0.39 is 0 Å². The summed E-state index contributed by atoms with van der Waals surface area (Å²) in [5, 5.41) is 4.36. The van der Waals surface area contributed by atoms with Crippen molar-refractivity contribution in [3.05, 3.63) is 69.5 Å². The molecule has 0 heterocycles. The molecule has 1 N–H and O–H groups in total. The molecule has 1 atom stereocenters. The lowest BCUT2D eigenvalue weighted by molar-refractivity contribution is 0.532. The Hall–Kier alpha value is -1.09. The standard InChI is InChI=1S/C16H16Cl2FN/c1-20-15(8-11-2-5-13(17)6-3-11)9-12-4-7-14(18)10-16(12)19/h2-7,10,15,20H,8-9H2,1H3. The molecule has 0 aliphatic heterocycles. The third-order valence-electron chi connectivity index (χ3n) is 3.29. The molecule has 2 aromatic rings. The Kier molecular flexibility index (Phi) is 5.41. The summed E-state index contributed by atoms with van der Waals surface area (Å²) in [7, 11) is 1.88. The van der Waals surface area contributed by atoms with E-state index in [0.29, 0.717) is 17.0 Å². The van der Waals surface area contributed by atoms with E-state index in [2.05, 4.69) is 5.32 Å². The molecular formula is C16H16Cl2FN. The molecule has 106 valence electrons. The summed E-state index contributed by atoms with van der Waals surface area (Å²) in [5.41, 5.74) is 1.84. The molecule has 0 bridgehead atoms. The second-order valence-electron chi connectivity index (χ2n) is 4.76. The highest BCUT2D eigenvalue weighted by molar-refractivity contribution is 6.30. The van der Waals surface area contributed by atoms with E-state index >= 15 is 0 Å². The Morgan fingerprint density at radius 1 is 1.00 bits per heavy atom. The first-order valence-corrected chi connectivity index (χ1v) is 7.19. The fourth-order valence-electron chi connectivity index (χ4n) is 2.13. The van der Waals surface area contributed by atoms with Gasteiger partial charge in [-0.25, -0.2) is 4.39 Å². The molecule has 4 heteroatoms. The minimum absolute atomic E-state index is 0.159. The molecular weight excluding hydrogens is 296 g/mol.